The molecule has 0 bridgehead atoms. The lowest BCUT2D eigenvalue weighted by molar-refractivity contribution is -0.138. The number of aryl methyl sites for hydroxylation is 2. The Labute approximate surface area is 202 Å². The van der Waals surface area contributed by atoms with E-state index in [1.807, 2.05) is 12.1 Å². The number of rotatable bonds is 3. The molecule has 5 rings (SSSR count). The summed E-state index contributed by atoms with van der Waals surface area (Å²) in [4.78, 5) is 0. The van der Waals surface area contributed by atoms with E-state index in [1.54, 1.807) is 0 Å². The summed E-state index contributed by atoms with van der Waals surface area (Å²) in [6.07, 6.45) is 5.09. The largest absolute Gasteiger partial charge is 0.508 e. The maximum atomic E-state index is 10.8. The molecular weight excluding hydrogens is 428 g/mol. The van der Waals surface area contributed by atoms with Gasteiger partial charge in [0.15, 0.2) is 11.5 Å². The number of hydrogen-bond acceptors (Lipinski definition) is 5. The van der Waals surface area contributed by atoms with Crippen molar-refractivity contribution in [2.24, 2.45) is 11.3 Å². The minimum atomic E-state index is -0.386. The number of phenolic OH excluding ortho intramolecular Hbond substituents is 2. The van der Waals surface area contributed by atoms with Gasteiger partial charge in [0, 0.05) is 11.5 Å². The standard InChI is InChI=1S/C29H38O5/c1-27(2)10-8-20-21(30)13-18(15-23(20)33-27)7-6-17-12-19-16-24-28(3,4)25(32)9-11-29(24,5)34-26(19)22(31)14-17/h12-15,24-25,30-32H,6-11,16H2,1-5H3/t24-,25-,29-/m1/s1. The second kappa shape index (κ2) is 7.81. The number of aliphatic hydroxyl groups excluding tert-OH is 1. The van der Waals surface area contributed by atoms with Crippen LogP contribution in [0.25, 0.3) is 0 Å². The van der Waals surface area contributed by atoms with Gasteiger partial charge in [0.05, 0.1) is 6.10 Å². The first-order chi connectivity index (χ1) is 15.9. The van der Waals surface area contributed by atoms with Gasteiger partial charge in [-0.1, -0.05) is 19.9 Å². The number of aliphatic hydroxyl groups is 1. The zero-order chi connectivity index (χ0) is 24.5. The zero-order valence-electron chi connectivity index (χ0n) is 21.1. The first-order valence-corrected chi connectivity index (χ1v) is 12.6. The predicted octanol–water partition coefficient (Wildman–Crippen LogP) is 5.48. The Balaban J connectivity index is 1.38. The summed E-state index contributed by atoms with van der Waals surface area (Å²) in [5, 5.41) is 32.1. The van der Waals surface area contributed by atoms with E-state index in [0.29, 0.717) is 17.9 Å². The molecule has 2 aromatic carbocycles. The highest BCUT2D eigenvalue weighted by molar-refractivity contribution is 5.52. The molecule has 184 valence electrons. The van der Waals surface area contributed by atoms with Crippen molar-refractivity contribution in [1.29, 1.82) is 0 Å². The number of phenols is 2. The Bertz CT molecular complexity index is 1120. The Morgan fingerprint density at radius 2 is 1.56 bits per heavy atom. The predicted molar refractivity (Wildman–Crippen MR) is 132 cm³/mol. The molecule has 2 aromatic rings. The van der Waals surface area contributed by atoms with Crippen LogP contribution in [0.2, 0.25) is 0 Å². The zero-order valence-corrected chi connectivity index (χ0v) is 21.1. The third-order valence-corrected chi connectivity index (χ3v) is 8.68. The Morgan fingerprint density at radius 1 is 0.882 bits per heavy atom. The van der Waals surface area contributed by atoms with Gasteiger partial charge in [0.1, 0.15) is 22.7 Å². The summed E-state index contributed by atoms with van der Waals surface area (Å²) in [5.41, 5.74) is 3.10. The summed E-state index contributed by atoms with van der Waals surface area (Å²) in [6.45, 7) is 10.5. The van der Waals surface area contributed by atoms with Crippen molar-refractivity contribution in [3.63, 3.8) is 0 Å². The first kappa shape index (κ1) is 23.3. The number of benzene rings is 2. The van der Waals surface area contributed by atoms with Crippen LogP contribution in [0, 0.1) is 11.3 Å². The van der Waals surface area contributed by atoms with Crippen LogP contribution in [0.3, 0.4) is 0 Å². The topological polar surface area (TPSA) is 79.2 Å². The summed E-state index contributed by atoms with van der Waals surface area (Å²) in [6, 6.07) is 7.85. The third-order valence-electron chi connectivity index (χ3n) is 8.68. The average Bonchev–Trinajstić information content (AvgIpc) is 2.74. The summed E-state index contributed by atoms with van der Waals surface area (Å²) in [7, 11) is 0. The molecule has 0 radical (unpaired) electrons. The molecule has 0 unspecified atom stereocenters. The number of aromatic hydroxyl groups is 2. The number of hydrogen-bond donors (Lipinski definition) is 3. The second-order valence-corrected chi connectivity index (χ2v) is 12.1. The fourth-order valence-electron chi connectivity index (χ4n) is 6.43. The van der Waals surface area contributed by atoms with Gasteiger partial charge in [-0.15, -0.1) is 0 Å². The van der Waals surface area contributed by atoms with Gasteiger partial charge in [-0.3, -0.25) is 0 Å². The minimum Gasteiger partial charge on any atom is -0.508 e. The summed E-state index contributed by atoms with van der Waals surface area (Å²) < 4.78 is 12.6. The van der Waals surface area contributed by atoms with Crippen LogP contribution in [0.15, 0.2) is 24.3 Å². The van der Waals surface area contributed by atoms with E-state index in [0.717, 1.165) is 66.5 Å². The lowest BCUT2D eigenvalue weighted by Crippen LogP contribution is -2.58. The van der Waals surface area contributed by atoms with Crippen molar-refractivity contribution in [3.05, 3.63) is 46.5 Å². The molecule has 3 atom stereocenters. The smallest absolute Gasteiger partial charge is 0.164 e. The van der Waals surface area contributed by atoms with Crippen LogP contribution in [0.1, 0.15) is 76.1 Å². The van der Waals surface area contributed by atoms with Crippen molar-refractivity contribution >= 4 is 0 Å². The van der Waals surface area contributed by atoms with Crippen LogP contribution in [-0.2, 0) is 25.7 Å². The quantitative estimate of drug-likeness (QED) is 0.558. The summed E-state index contributed by atoms with van der Waals surface area (Å²) in [5.74, 6) is 2.04. The monoisotopic (exact) mass is 466 g/mol. The van der Waals surface area contributed by atoms with Crippen LogP contribution < -0.4 is 9.47 Å². The molecule has 1 fully saturated rings. The maximum absolute atomic E-state index is 10.8. The van der Waals surface area contributed by atoms with Crippen molar-refractivity contribution in [2.45, 2.75) is 96.9 Å². The molecule has 0 amide bonds. The molecule has 1 saturated carbocycles. The summed E-state index contributed by atoms with van der Waals surface area (Å²) >= 11 is 0. The van der Waals surface area contributed by atoms with Gasteiger partial charge in [-0.05, 0) is 106 Å². The number of ether oxygens (including phenoxy) is 2. The molecule has 5 nitrogen and oxygen atoms in total. The fourth-order valence-corrected chi connectivity index (χ4v) is 6.43. The van der Waals surface area contributed by atoms with E-state index in [2.05, 4.69) is 46.8 Å². The van der Waals surface area contributed by atoms with E-state index in [-0.39, 0.29) is 34.4 Å². The SMILES string of the molecule is CC1(C)CCc2c(O)cc(CCc3cc(O)c4c(c3)C[C@@H]3C(C)(C)[C@H](O)CC[C@@]3(C)O4)cc2O1. The molecule has 2 heterocycles. The average molecular weight is 467 g/mol. The molecule has 0 aromatic heterocycles. The van der Waals surface area contributed by atoms with E-state index in [4.69, 9.17) is 9.47 Å². The van der Waals surface area contributed by atoms with E-state index in [9.17, 15) is 15.3 Å². The van der Waals surface area contributed by atoms with Crippen LogP contribution >= 0.6 is 0 Å². The van der Waals surface area contributed by atoms with Crippen LogP contribution in [0.5, 0.6) is 23.0 Å². The molecule has 34 heavy (non-hydrogen) atoms. The van der Waals surface area contributed by atoms with Gasteiger partial charge in [-0.25, -0.2) is 0 Å². The van der Waals surface area contributed by atoms with E-state index in [1.165, 1.54) is 0 Å². The lowest BCUT2D eigenvalue weighted by atomic mass is 9.57. The van der Waals surface area contributed by atoms with Crippen molar-refractivity contribution < 1.29 is 24.8 Å². The van der Waals surface area contributed by atoms with Gasteiger partial charge in [0.25, 0.3) is 0 Å². The highest BCUT2D eigenvalue weighted by Crippen LogP contribution is 2.54. The van der Waals surface area contributed by atoms with Crippen molar-refractivity contribution in [3.8, 4) is 23.0 Å². The van der Waals surface area contributed by atoms with E-state index >= 15 is 0 Å². The van der Waals surface area contributed by atoms with Gasteiger partial charge in [-0.2, -0.15) is 0 Å². The highest BCUT2D eigenvalue weighted by Gasteiger charge is 2.54. The Kier molecular flexibility index (Phi) is 5.36. The van der Waals surface area contributed by atoms with Gasteiger partial charge >= 0.3 is 0 Å². The Hall–Kier alpha value is -2.40. The van der Waals surface area contributed by atoms with Crippen LogP contribution in [-0.4, -0.2) is 32.6 Å². The molecule has 0 spiro atoms. The maximum Gasteiger partial charge on any atom is 0.164 e. The van der Waals surface area contributed by atoms with Crippen molar-refractivity contribution in [2.75, 3.05) is 0 Å². The third kappa shape index (κ3) is 3.92. The number of fused-ring (bicyclic) bond motifs is 3. The highest BCUT2D eigenvalue weighted by atomic mass is 16.5. The molecule has 5 heteroatoms. The van der Waals surface area contributed by atoms with Crippen molar-refractivity contribution in [1.82, 2.24) is 0 Å². The van der Waals surface area contributed by atoms with Gasteiger partial charge < -0.3 is 24.8 Å². The molecular formula is C29H38O5. The van der Waals surface area contributed by atoms with Gasteiger partial charge in [0.2, 0.25) is 0 Å². The first-order valence-electron chi connectivity index (χ1n) is 12.6. The molecule has 3 N–H and O–H groups in total. The van der Waals surface area contributed by atoms with E-state index < -0.39 is 0 Å². The Morgan fingerprint density at radius 3 is 2.29 bits per heavy atom. The minimum absolute atomic E-state index is 0.170. The van der Waals surface area contributed by atoms with Crippen LogP contribution in [0.4, 0.5) is 0 Å². The molecule has 1 aliphatic carbocycles. The second-order valence-electron chi connectivity index (χ2n) is 12.1. The fraction of sp³-hybridized carbons (Fsp3) is 0.586. The lowest BCUT2D eigenvalue weighted by Gasteiger charge is -2.55. The molecule has 3 aliphatic rings. The molecule has 0 saturated heterocycles. The molecule has 2 aliphatic heterocycles. The normalized spacial score (nSPS) is 28.6.